The Hall–Kier alpha value is -1.18. The zero-order valence-electron chi connectivity index (χ0n) is 12.6. The Morgan fingerprint density at radius 2 is 2.05 bits per heavy atom. The molecule has 1 aromatic heterocycles. The molecule has 0 aromatic carbocycles. The lowest BCUT2D eigenvalue weighted by atomic mass is 9.85. The second-order valence-corrected chi connectivity index (χ2v) is 7.91. The van der Waals surface area contributed by atoms with Gasteiger partial charge in [-0.15, -0.1) is 0 Å². The number of nitrogens with one attached hydrogen (secondary N) is 1. The maximum Gasteiger partial charge on any atom is 0.244 e. The molecule has 3 N–H and O–H groups in total. The summed E-state index contributed by atoms with van der Waals surface area (Å²) in [5, 5.41) is 3.25. The lowest BCUT2D eigenvalue weighted by molar-refractivity contribution is 0.321. The number of sulfonamides is 1. The van der Waals surface area contributed by atoms with Crippen LogP contribution in [-0.2, 0) is 10.0 Å². The lowest BCUT2D eigenvalue weighted by Crippen LogP contribution is -2.37. The second-order valence-electron chi connectivity index (χ2n) is 5.76. The lowest BCUT2D eigenvalue weighted by Gasteiger charge is -2.28. The largest absolute Gasteiger partial charge is 0.370 e. The third kappa shape index (κ3) is 3.93. The van der Waals surface area contributed by atoms with Crippen LogP contribution in [0.25, 0.3) is 0 Å². The van der Waals surface area contributed by atoms with Crippen LogP contribution in [0.4, 0.5) is 5.82 Å². The van der Waals surface area contributed by atoms with Gasteiger partial charge in [-0.1, -0.05) is 12.8 Å². The van der Waals surface area contributed by atoms with E-state index in [2.05, 4.69) is 10.3 Å². The van der Waals surface area contributed by atoms with Gasteiger partial charge in [-0.25, -0.2) is 17.7 Å². The van der Waals surface area contributed by atoms with Crippen LogP contribution in [-0.4, -0.2) is 44.4 Å². The fourth-order valence-corrected chi connectivity index (χ4v) is 3.42. The van der Waals surface area contributed by atoms with Crippen molar-refractivity contribution >= 4 is 15.8 Å². The molecule has 1 saturated carbocycles. The van der Waals surface area contributed by atoms with Crippen molar-refractivity contribution in [2.45, 2.75) is 36.6 Å². The zero-order chi connectivity index (χ0) is 15.5. The molecule has 6 nitrogen and oxygen atoms in total. The monoisotopic (exact) mass is 312 g/mol. The van der Waals surface area contributed by atoms with Crippen LogP contribution in [0.2, 0.25) is 0 Å². The van der Waals surface area contributed by atoms with Gasteiger partial charge < -0.3 is 11.1 Å². The van der Waals surface area contributed by atoms with Gasteiger partial charge in [0.05, 0.1) is 0 Å². The Balaban J connectivity index is 1.97. The maximum absolute atomic E-state index is 11.9. The summed E-state index contributed by atoms with van der Waals surface area (Å²) in [6, 6.07) is 3.52. The first-order chi connectivity index (χ1) is 9.91. The van der Waals surface area contributed by atoms with E-state index in [4.69, 9.17) is 5.73 Å². The van der Waals surface area contributed by atoms with E-state index in [1.807, 2.05) is 0 Å². The maximum atomic E-state index is 11.9. The van der Waals surface area contributed by atoms with Crippen LogP contribution in [0.15, 0.2) is 23.2 Å². The Bertz CT molecular complexity index is 557. The van der Waals surface area contributed by atoms with Crippen molar-refractivity contribution in [3.8, 4) is 0 Å². The van der Waals surface area contributed by atoms with E-state index in [9.17, 15) is 8.42 Å². The number of nitrogens with zero attached hydrogens (tertiary/aromatic N) is 2. The van der Waals surface area contributed by atoms with Crippen LogP contribution in [0, 0.1) is 5.92 Å². The van der Waals surface area contributed by atoms with Gasteiger partial charge in [-0.2, -0.15) is 0 Å². The van der Waals surface area contributed by atoms with Gasteiger partial charge in [0.1, 0.15) is 10.7 Å². The first-order valence-corrected chi connectivity index (χ1v) is 8.73. The molecule has 0 aliphatic heterocycles. The van der Waals surface area contributed by atoms with Crippen molar-refractivity contribution in [2.24, 2.45) is 11.7 Å². The first-order valence-electron chi connectivity index (χ1n) is 7.29. The van der Waals surface area contributed by atoms with Crippen LogP contribution in [0.3, 0.4) is 0 Å². The number of hydrogen-bond acceptors (Lipinski definition) is 5. The summed E-state index contributed by atoms with van der Waals surface area (Å²) >= 11 is 0. The van der Waals surface area contributed by atoms with Crippen LogP contribution in [0.5, 0.6) is 0 Å². The van der Waals surface area contributed by atoms with E-state index in [1.165, 1.54) is 37.4 Å². The standard InChI is InChI=1S/C14H24N4O2S/c1-18(2)21(19,20)12-7-8-14(17-10-12)16-9-11-5-3-4-6-13(11)15/h7-8,10-11,13H,3-6,9,15H2,1-2H3,(H,16,17). The highest BCUT2D eigenvalue weighted by molar-refractivity contribution is 7.89. The molecule has 0 bridgehead atoms. The van der Waals surface area contributed by atoms with Gasteiger partial charge in [-0.3, -0.25) is 0 Å². The highest BCUT2D eigenvalue weighted by Crippen LogP contribution is 2.23. The number of pyridine rings is 1. The van der Waals surface area contributed by atoms with E-state index in [1.54, 1.807) is 12.1 Å². The number of nitrogens with two attached hydrogens (primary N) is 1. The van der Waals surface area contributed by atoms with Crippen molar-refractivity contribution in [3.05, 3.63) is 18.3 Å². The molecule has 1 aromatic rings. The van der Waals surface area contributed by atoms with Crippen LogP contribution >= 0.6 is 0 Å². The summed E-state index contributed by atoms with van der Waals surface area (Å²) in [4.78, 5) is 4.38. The molecule has 2 atom stereocenters. The van der Waals surface area contributed by atoms with Crippen molar-refractivity contribution in [2.75, 3.05) is 26.0 Å². The van der Waals surface area contributed by atoms with Crippen molar-refractivity contribution in [1.82, 2.24) is 9.29 Å². The average molecular weight is 312 g/mol. The zero-order valence-corrected chi connectivity index (χ0v) is 13.4. The third-order valence-corrected chi connectivity index (χ3v) is 5.83. The first kappa shape index (κ1) is 16.2. The predicted octanol–water partition coefficient (Wildman–Crippen LogP) is 1.26. The second kappa shape index (κ2) is 6.72. The van der Waals surface area contributed by atoms with E-state index in [-0.39, 0.29) is 10.9 Å². The normalized spacial score (nSPS) is 23.2. The number of anilines is 1. The molecular formula is C14H24N4O2S. The molecule has 2 rings (SSSR count). The number of hydrogen-bond donors (Lipinski definition) is 2. The number of rotatable bonds is 5. The fourth-order valence-electron chi connectivity index (χ4n) is 2.57. The van der Waals surface area contributed by atoms with E-state index in [0.29, 0.717) is 11.7 Å². The minimum atomic E-state index is -3.41. The molecule has 0 saturated heterocycles. The van der Waals surface area contributed by atoms with Crippen molar-refractivity contribution in [1.29, 1.82) is 0 Å². The highest BCUT2D eigenvalue weighted by atomic mass is 32.2. The van der Waals surface area contributed by atoms with Gasteiger partial charge >= 0.3 is 0 Å². The summed E-state index contributed by atoms with van der Waals surface area (Å²) in [5.41, 5.74) is 6.11. The van der Waals surface area contributed by atoms with E-state index < -0.39 is 10.0 Å². The molecule has 0 radical (unpaired) electrons. The minimum absolute atomic E-state index is 0.201. The molecule has 1 aliphatic rings. The smallest absolute Gasteiger partial charge is 0.244 e. The Labute approximate surface area is 126 Å². The van der Waals surface area contributed by atoms with Gasteiger partial charge in [0, 0.05) is 32.9 Å². The van der Waals surface area contributed by atoms with Crippen molar-refractivity contribution < 1.29 is 8.42 Å². The molecule has 1 heterocycles. The molecule has 1 aliphatic carbocycles. The van der Waals surface area contributed by atoms with E-state index in [0.717, 1.165) is 19.4 Å². The average Bonchev–Trinajstić information content (AvgIpc) is 2.46. The van der Waals surface area contributed by atoms with Crippen LogP contribution < -0.4 is 11.1 Å². The molecule has 2 unspecified atom stereocenters. The summed E-state index contributed by atoms with van der Waals surface area (Å²) in [6.07, 6.45) is 6.06. The van der Waals surface area contributed by atoms with Gasteiger partial charge in [0.25, 0.3) is 0 Å². The molecule has 1 fully saturated rings. The molecule has 118 valence electrons. The summed E-state index contributed by atoms with van der Waals surface area (Å²) < 4.78 is 25.1. The molecule has 21 heavy (non-hydrogen) atoms. The Morgan fingerprint density at radius 3 is 2.62 bits per heavy atom. The van der Waals surface area contributed by atoms with E-state index >= 15 is 0 Å². The fraction of sp³-hybridized carbons (Fsp3) is 0.643. The highest BCUT2D eigenvalue weighted by Gasteiger charge is 2.21. The van der Waals surface area contributed by atoms with Gasteiger partial charge in [-0.05, 0) is 30.9 Å². The Kier molecular flexibility index (Phi) is 5.18. The third-order valence-electron chi connectivity index (χ3n) is 4.03. The molecule has 0 spiro atoms. The summed E-state index contributed by atoms with van der Waals surface area (Å²) in [7, 11) is -0.403. The predicted molar refractivity (Wildman–Crippen MR) is 83.5 cm³/mol. The topological polar surface area (TPSA) is 88.3 Å². The van der Waals surface area contributed by atoms with Crippen LogP contribution in [0.1, 0.15) is 25.7 Å². The van der Waals surface area contributed by atoms with Gasteiger partial charge in [0.2, 0.25) is 10.0 Å². The molecule has 7 heteroatoms. The molecular weight excluding hydrogens is 288 g/mol. The minimum Gasteiger partial charge on any atom is -0.370 e. The SMILES string of the molecule is CN(C)S(=O)(=O)c1ccc(NCC2CCCCC2N)nc1. The van der Waals surface area contributed by atoms with Gasteiger partial charge in [0.15, 0.2) is 0 Å². The quantitative estimate of drug-likeness (QED) is 0.854. The van der Waals surface area contributed by atoms with Crippen molar-refractivity contribution in [3.63, 3.8) is 0 Å². The summed E-state index contributed by atoms with van der Waals surface area (Å²) in [5.74, 6) is 1.15. The Morgan fingerprint density at radius 1 is 1.33 bits per heavy atom. The molecule has 0 amide bonds. The summed E-state index contributed by atoms with van der Waals surface area (Å²) in [6.45, 7) is 0.786. The number of aromatic nitrogens is 1.